The summed E-state index contributed by atoms with van der Waals surface area (Å²) in [4.78, 5) is 0.397. The number of rotatable bonds is 7. The zero-order valence-electron chi connectivity index (χ0n) is 12.9. The van der Waals surface area contributed by atoms with Crippen molar-refractivity contribution in [3.05, 3.63) is 29.3 Å². The second-order valence-corrected chi connectivity index (χ2v) is 7.12. The third-order valence-electron chi connectivity index (χ3n) is 3.73. The van der Waals surface area contributed by atoms with Crippen molar-refractivity contribution < 1.29 is 8.42 Å². The van der Waals surface area contributed by atoms with Crippen LogP contribution in [0.5, 0.6) is 0 Å². The van der Waals surface area contributed by atoms with E-state index >= 15 is 0 Å². The van der Waals surface area contributed by atoms with E-state index in [1.807, 2.05) is 26.0 Å². The fourth-order valence-corrected chi connectivity index (χ4v) is 3.98. The van der Waals surface area contributed by atoms with Crippen molar-refractivity contribution in [1.82, 2.24) is 4.31 Å². The Morgan fingerprint density at radius 2 is 1.95 bits per heavy atom. The van der Waals surface area contributed by atoms with E-state index in [0.717, 1.165) is 24.0 Å². The van der Waals surface area contributed by atoms with Crippen molar-refractivity contribution in [3.8, 4) is 0 Å². The smallest absolute Gasteiger partial charge is 0.243 e. The number of hydrogen-bond acceptors (Lipinski definition) is 3. The Bertz CT molecular complexity index is 541. The molecule has 0 fully saturated rings. The van der Waals surface area contributed by atoms with E-state index in [4.69, 9.17) is 5.73 Å². The summed E-state index contributed by atoms with van der Waals surface area (Å²) in [5, 5.41) is 0. The Hall–Kier alpha value is -0.910. The fraction of sp³-hybridized carbons (Fsp3) is 0.600. The summed E-state index contributed by atoms with van der Waals surface area (Å²) in [6.07, 6.45) is 2.51. The fourth-order valence-electron chi connectivity index (χ4n) is 2.25. The van der Waals surface area contributed by atoms with Crippen LogP contribution in [0.4, 0.5) is 0 Å². The molecule has 0 saturated heterocycles. The van der Waals surface area contributed by atoms with Gasteiger partial charge in [0.25, 0.3) is 0 Å². The first-order chi connectivity index (χ1) is 9.38. The molecule has 114 valence electrons. The lowest BCUT2D eigenvalue weighted by molar-refractivity contribution is 0.368. The van der Waals surface area contributed by atoms with Crippen LogP contribution in [0.25, 0.3) is 0 Å². The van der Waals surface area contributed by atoms with Gasteiger partial charge in [-0.1, -0.05) is 32.4 Å². The van der Waals surface area contributed by atoms with E-state index in [1.54, 1.807) is 13.1 Å². The predicted molar refractivity (Wildman–Crippen MR) is 83.0 cm³/mol. The number of aryl methyl sites for hydroxylation is 1. The molecule has 0 saturated carbocycles. The zero-order chi connectivity index (χ0) is 15.3. The molecule has 0 aliphatic carbocycles. The van der Waals surface area contributed by atoms with Crippen LogP contribution in [-0.4, -0.2) is 25.8 Å². The minimum atomic E-state index is -3.46. The molecule has 0 amide bonds. The molecule has 5 heteroatoms. The molecule has 0 spiro atoms. The molecule has 1 aromatic rings. The molecule has 0 radical (unpaired) electrons. The van der Waals surface area contributed by atoms with Crippen LogP contribution in [0, 0.1) is 0 Å². The minimum Gasteiger partial charge on any atom is -0.326 e. The van der Waals surface area contributed by atoms with Gasteiger partial charge in [-0.05, 0) is 37.0 Å². The Labute approximate surface area is 123 Å². The van der Waals surface area contributed by atoms with Gasteiger partial charge in [0.2, 0.25) is 10.0 Å². The van der Waals surface area contributed by atoms with Crippen molar-refractivity contribution in [2.75, 3.05) is 7.05 Å². The topological polar surface area (TPSA) is 63.4 Å². The van der Waals surface area contributed by atoms with Gasteiger partial charge in [0.05, 0.1) is 4.90 Å². The third kappa shape index (κ3) is 3.59. The van der Waals surface area contributed by atoms with Gasteiger partial charge in [0.15, 0.2) is 0 Å². The van der Waals surface area contributed by atoms with Gasteiger partial charge >= 0.3 is 0 Å². The molecule has 0 bridgehead atoms. The van der Waals surface area contributed by atoms with Crippen LogP contribution in [0.2, 0.25) is 0 Å². The van der Waals surface area contributed by atoms with Crippen LogP contribution in [0.15, 0.2) is 23.1 Å². The lowest BCUT2D eigenvalue weighted by Crippen LogP contribution is -2.35. The molecular formula is C15H26N2O2S. The zero-order valence-corrected chi connectivity index (χ0v) is 13.7. The summed E-state index contributed by atoms with van der Waals surface area (Å²) >= 11 is 0. The molecule has 2 N–H and O–H groups in total. The maximum Gasteiger partial charge on any atom is 0.243 e. The van der Waals surface area contributed by atoms with Gasteiger partial charge in [-0.15, -0.1) is 0 Å². The van der Waals surface area contributed by atoms with Crippen LogP contribution in [0.3, 0.4) is 0 Å². The third-order valence-corrected chi connectivity index (χ3v) is 5.79. The maximum atomic E-state index is 12.8. The van der Waals surface area contributed by atoms with E-state index in [2.05, 4.69) is 6.92 Å². The summed E-state index contributed by atoms with van der Waals surface area (Å²) in [6.45, 7) is 6.32. The Morgan fingerprint density at radius 1 is 1.30 bits per heavy atom. The second kappa shape index (κ2) is 7.20. The van der Waals surface area contributed by atoms with E-state index < -0.39 is 10.0 Å². The quantitative estimate of drug-likeness (QED) is 0.841. The van der Waals surface area contributed by atoms with Gasteiger partial charge in [-0.25, -0.2) is 8.42 Å². The highest BCUT2D eigenvalue weighted by Crippen LogP contribution is 2.24. The summed E-state index contributed by atoms with van der Waals surface area (Å²) < 4.78 is 27.0. The maximum absolute atomic E-state index is 12.8. The summed E-state index contributed by atoms with van der Waals surface area (Å²) in [5.41, 5.74) is 7.32. The molecule has 1 aromatic carbocycles. The molecule has 0 aromatic heterocycles. The standard InChI is InChI=1S/C15H26N2O2S/c1-5-7-12(3)17(4)20(18,19)15-10-13(11-16)8-9-14(15)6-2/h8-10,12H,5-7,11,16H2,1-4H3. The molecule has 4 nitrogen and oxygen atoms in total. The first-order valence-corrected chi connectivity index (χ1v) is 8.62. The highest BCUT2D eigenvalue weighted by molar-refractivity contribution is 7.89. The average molecular weight is 298 g/mol. The highest BCUT2D eigenvalue weighted by atomic mass is 32.2. The van der Waals surface area contributed by atoms with Gasteiger partial charge in [-0.2, -0.15) is 4.31 Å². The summed E-state index contributed by atoms with van der Waals surface area (Å²) in [7, 11) is -1.80. The molecule has 0 aliphatic heterocycles. The number of sulfonamides is 1. The number of benzene rings is 1. The van der Waals surface area contributed by atoms with Gasteiger partial charge < -0.3 is 5.73 Å². The normalized spacial score (nSPS) is 13.7. The second-order valence-electron chi connectivity index (χ2n) is 5.16. The monoisotopic (exact) mass is 298 g/mol. The number of nitrogens with zero attached hydrogens (tertiary/aromatic N) is 1. The van der Waals surface area contributed by atoms with E-state index in [9.17, 15) is 8.42 Å². The molecule has 1 atom stereocenters. The summed E-state index contributed by atoms with van der Waals surface area (Å²) in [5.74, 6) is 0. The minimum absolute atomic E-state index is 0.00348. The van der Waals surface area contributed by atoms with Crippen molar-refractivity contribution in [2.24, 2.45) is 5.73 Å². The SMILES string of the molecule is CCCC(C)N(C)S(=O)(=O)c1cc(CN)ccc1CC. The van der Waals surface area contributed by atoms with Gasteiger partial charge in [-0.3, -0.25) is 0 Å². The molecule has 0 heterocycles. The molecular weight excluding hydrogens is 272 g/mol. The number of nitrogens with two attached hydrogens (primary N) is 1. The lowest BCUT2D eigenvalue weighted by Gasteiger charge is -2.25. The Balaban J connectivity index is 3.26. The van der Waals surface area contributed by atoms with E-state index in [0.29, 0.717) is 17.9 Å². The van der Waals surface area contributed by atoms with E-state index in [-0.39, 0.29) is 6.04 Å². The first kappa shape index (κ1) is 17.1. The average Bonchev–Trinajstić information content (AvgIpc) is 2.45. The van der Waals surface area contributed by atoms with Gasteiger partial charge in [0, 0.05) is 19.6 Å². The van der Waals surface area contributed by atoms with Crippen LogP contribution in [0.1, 0.15) is 44.7 Å². The molecule has 20 heavy (non-hydrogen) atoms. The van der Waals surface area contributed by atoms with Gasteiger partial charge in [0.1, 0.15) is 0 Å². The predicted octanol–water partition coefficient (Wildman–Crippen LogP) is 2.52. The van der Waals surface area contributed by atoms with Crippen molar-refractivity contribution in [2.45, 2.75) is 57.5 Å². The van der Waals surface area contributed by atoms with Crippen molar-refractivity contribution >= 4 is 10.0 Å². The largest absolute Gasteiger partial charge is 0.326 e. The van der Waals surface area contributed by atoms with Crippen molar-refractivity contribution in [1.29, 1.82) is 0 Å². The Kier molecular flexibility index (Phi) is 6.17. The summed E-state index contributed by atoms with van der Waals surface area (Å²) in [6, 6.07) is 5.47. The lowest BCUT2D eigenvalue weighted by atomic mass is 10.1. The molecule has 1 unspecified atom stereocenters. The van der Waals surface area contributed by atoms with Crippen LogP contribution in [-0.2, 0) is 23.0 Å². The first-order valence-electron chi connectivity index (χ1n) is 7.18. The van der Waals surface area contributed by atoms with E-state index in [1.165, 1.54) is 4.31 Å². The number of hydrogen-bond donors (Lipinski definition) is 1. The van der Waals surface area contributed by atoms with Crippen LogP contribution >= 0.6 is 0 Å². The van der Waals surface area contributed by atoms with Crippen LogP contribution < -0.4 is 5.73 Å². The van der Waals surface area contributed by atoms with Crippen molar-refractivity contribution in [3.63, 3.8) is 0 Å². The molecule has 1 rings (SSSR count). The Morgan fingerprint density at radius 3 is 2.45 bits per heavy atom. The molecule has 0 aliphatic rings. The highest BCUT2D eigenvalue weighted by Gasteiger charge is 2.27.